The quantitative estimate of drug-likeness (QED) is 0.514. The highest BCUT2D eigenvalue weighted by molar-refractivity contribution is 5.87. The van der Waals surface area contributed by atoms with Crippen LogP contribution in [0.5, 0.6) is 0 Å². The van der Waals surface area contributed by atoms with Crippen molar-refractivity contribution in [3.63, 3.8) is 0 Å². The van der Waals surface area contributed by atoms with E-state index in [-0.39, 0.29) is 24.7 Å². The standard InChI is InChI=1S/C18H27N3O2/c1-3-5-11-16(4-2)20-21-18(23)13-12-17(22)19-14-15-9-7-6-8-10-15/h6-10H,3-5,11-14H2,1-2H3,(H,19,22)(H,21,23)/b20-16+. The molecule has 23 heavy (non-hydrogen) atoms. The van der Waals surface area contributed by atoms with Crippen molar-refractivity contribution in [2.75, 3.05) is 0 Å². The van der Waals surface area contributed by atoms with Crippen molar-refractivity contribution in [1.29, 1.82) is 0 Å². The van der Waals surface area contributed by atoms with Crippen LogP contribution in [0.2, 0.25) is 0 Å². The van der Waals surface area contributed by atoms with E-state index in [4.69, 9.17) is 0 Å². The van der Waals surface area contributed by atoms with Crippen LogP contribution in [0.1, 0.15) is 57.9 Å². The number of carbonyl (C=O) groups is 2. The lowest BCUT2D eigenvalue weighted by Gasteiger charge is -2.06. The molecule has 0 radical (unpaired) electrons. The van der Waals surface area contributed by atoms with Gasteiger partial charge in [0.1, 0.15) is 0 Å². The minimum absolute atomic E-state index is 0.130. The number of carbonyl (C=O) groups excluding carboxylic acids is 2. The van der Waals surface area contributed by atoms with E-state index < -0.39 is 0 Å². The summed E-state index contributed by atoms with van der Waals surface area (Å²) < 4.78 is 0. The number of hydrogen-bond acceptors (Lipinski definition) is 3. The zero-order chi connectivity index (χ0) is 16.9. The summed E-state index contributed by atoms with van der Waals surface area (Å²) in [6.07, 6.45) is 4.24. The van der Waals surface area contributed by atoms with Crippen molar-refractivity contribution in [2.45, 2.75) is 58.9 Å². The molecule has 0 aliphatic heterocycles. The molecule has 0 atom stereocenters. The molecule has 0 saturated heterocycles. The van der Waals surface area contributed by atoms with Gasteiger partial charge in [0.15, 0.2) is 0 Å². The van der Waals surface area contributed by atoms with E-state index in [1.54, 1.807) is 0 Å². The Kier molecular flexibility index (Phi) is 9.36. The lowest BCUT2D eigenvalue weighted by atomic mass is 10.1. The maximum Gasteiger partial charge on any atom is 0.240 e. The summed E-state index contributed by atoms with van der Waals surface area (Å²) in [5.41, 5.74) is 4.58. The summed E-state index contributed by atoms with van der Waals surface area (Å²) in [5, 5.41) is 6.94. The molecule has 0 fully saturated rings. The van der Waals surface area contributed by atoms with Crippen LogP contribution >= 0.6 is 0 Å². The van der Waals surface area contributed by atoms with Gasteiger partial charge in [0.2, 0.25) is 11.8 Å². The summed E-state index contributed by atoms with van der Waals surface area (Å²) in [6.45, 7) is 4.63. The Balaban J connectivity index is 2.24. The first kappa shape index (κ1) is 18.9. The van der Waals surface area contributed by atoms with Gasteiger partial charge in [0.25, 0.3) is 0 Å². The van der Waals surface area contributed by atoms with Crippen molar-refractivity contribution in [1.82, 2.24) is 10.7 Å². The molecule has 5 heteroatoms. The van der Waals surface area contributed by atoms with Crippen LogP contribution in [0.3, 0.4) is 0 Å². The molecule has 0 saturated carbocycles. The smallest absolute Gasteiger partial charge is 0.240 e. The Morgan fingerprint density at radius 1 is 1.00 bits per heavy atom. The maximum absolute atomic E-state index is 11.7. The number of rotatable bonds is 10. The molecule has 0 aliphatic rings. The molecule has 0 spiro atoms. The molecule has 1 aromatic carbocycles. The predicted molar refractivity (Wildman–Crippen MR) is 92.9 cm³/mol. The van der Waals surface area contributed by atoms with Crippen LogP contribution in [-0.4, -0.2) is 17.5 Å². The normalized spacial score (nSPS) is 11.1. The zero-order valence-electron chi connectivity index (χ0n) is 14.1. The Morgan fingerprint density at radius 2 is 1.70 bits per heavy atom. The second-order valence-corrected chi connectivity index (χ2v) is 5.43. The molecule has 5 nitrogen and oxygen atoms in total. The third-order valence-electron chi connectivity index (χ3n) is 3.48. The van der Waals surface area contributed by atoms with Gasteiger partial charge in [-0.2, -0.15) is 5.10 Å². The van der Waals surface area contributed by atoms with Gasteiger partial charge in [-0.3, -0.25) is 9.59 Å². The molecule has 0 aromatic heterocycles. The van der Waals surface area contributed by atoms with Gasteiger partial charge in [-0.25, -0.2) is 5.43 Å². The zero-order valence-corrected chi connectivity index (χ0v) is 14.1. The van der Waals surface area contributed by atoms with E-state index >= 15 is 0 Å². The van der Waals surface area contributed by atoms with Gasteiger partial charge in [-0.15, -0.1) is 0 Å². The Hall–Kier alpha value is -2.17. The lowest BCUT2D eigenvalue weighted by molar-refractivity contribution is -0.126. The van der Waals surface area contributed by atoms with E-state index in [1.807, 2.05) is 37.3 Å². The molecule has 1 rings (SSSR count). The van der Waals surface area contributed by atoms with E-state index in [9.17, 15) is 9.59 Å². The van der Waals surface area contributed by atoms with E-state index in [0.717, 1.165) is 37.0 Å². The highest BCUT2D eigenvalue weighted by Gasteiger charge is 2.06. The molecule has 1 aromatic rings. The first-order valence-electron chi connectivity index (χ1n) is 8.30. The number of hydrazone groups is 1. The fraction of sp³-hybridized carbons (Fsp3) is 0.500. The number of amides is 2. The van der Waals surface area contributed by atoms with Gasteiger partial charge in [-0.1, -0.05) is 50.6 Å². The second kappa shape index (κ2) is 11.4. The fourth-order valence-corrected chi connectivity index (χ4v) is 2.00. The third-order valence-corrected chi connectivity index (χ3v) is 3.48. The highest BCUT2D eigenvalue weighted by Crippen LogP contribution is 2.01. The van der Waals surface area contributed by atoms with Crippen molar-refractivity contribution in [3.05, 3.63) is 35.9 Å². The topological polar surface area (TPSA) is 70.6 Å². The lowest BCUT2D eigenvalue weighted by Crippen LogP contribution is -2.26. The van der Waals surface area contributed by atoms with Gasteiger partial charge in [-0.05, 0) is 24.8 Å². The first-order valence-corrected chi connectivity index (χ1v) is 8.30. The Labute approximate surface area is 138 Å². The molecular weight excluding hydrogens is 290 g/mol. The molecule has 2 amide bonds. The SMILES string of the molecule is CCCC/C(CC)=N/NC(=O)CCC(=O)NCc1ccccc1. The van der Waals surface area contributed by atoms with Crippen LogP contribution in [0.25, 0.3) is 0 Å². The van der Waals surface area contributed by atoms with Crippen molar-refractivity contribution < 1.29 is 9.59 Å². The van der Waals surface area contributed by atoms with Gasteiger partial charge in [0.05, 0.1) is 0 Å². The maximum atomic E-state index is 11.7. The first-order chi connectivity index (χ1) is 11.2. The number of nitrogens with zero attached hydrogens (tertiary/aromatic N) is 1. The van der Waals surface area contributed by atoms with Crippen molar-refractivity contribution >= 4 is 17.5 Å². The Morgan fingerprint density at radius 3 is 2.35 bits per heavy atom. The van der Waals surface area contributed by atoms with Crippen LogP contribution in [0.4, 0.5) is 0 Å². The van der Waals surface area contributed by atoms with Crippen molar-refractivity contribution in [2.24, 2.45) is 5.10 Å². The average molecular weight is 317 g/mol. The van der Waals surface area contributed by atoms with E-state index in [1.165, 1.54) is 0 Å². The highest BCUT2D eigenvalue weighted by atomic mass is 16.2. The van der Waals surface area contributed by atoms with Gasteiger partial charge in [0, 0.05) is 25.1 Å². The molecule has 0 heterocycles. The average Bonchev–Trinajstić information content (AvgIpc) is 2.59. The molecule has 126 valence electrons. The van der Waals surface area contributed by atoms with Gasteiger partial charge >= 0.3 is 0 Å². The van der Waals surface area contributed by atoms with Crippen LogP contribution in [0.15, 0.2) is 35.4 Å². The molecule has 0 bridgehead atoms. The largest absolute Gasteiger partial charge is 0.352 e. The second-order valence-electron chi connectivity index (χ2n) is 5.43. The molecule has 2 N–H and O–H groups in total. The number of nitrogens with one attached hydrogen (secondary N) is 2. The summed E-state index contributed by atoms with van der Waals surface area (Å²) >= 11 is 0. The molecular formula is C18H27N3O2. The van der Waals surface area contributed by atoms with Crippen LogP contribution in [-0.2, 0) is 16.1 Å². The molecule has 0 aliphatic carbocycles. The number of unbranched alkanes of at least 4 members (excludes halogenated alkanes) is 1. The van der Waals surface area contributed by atoms with E-state index in [0.29, 0.717) is 6.54 Å². The summed E-state index contributed by atoms with van der Waals surface area (Å²) in [6, 6.07) is 9.68. The minimum Gasteiger partial charge on any atom is -0.352 e. The van der Waals surface area contributed by atoms with Gasteiger partial charge < -0.3 is 5.32 Å². The molecule has 0 unspecified atom stereocenters. The van der Waals surface area contributed by atoms with E-state index in [2.05, 4.69) is 22.8 Å². The third kappa shape index (κ3) is 8.76. The summed E-state index contributed by atoms with van der Waals surface area (Å²) in [4.78, 5) is 23.4. The fourth-order valence-electron chi connectivity index (χ4n) is 2.00. The van der Waals surface area contributed by atoms with Crippen LogP contribution < -0.4 is 10.7 Å². The number of benzene rings is 1. The summed E-state index contributed by atoms with van der Waals surface area (Å²) in [7, 11) is 0. The summed E-state index contributed by atoms with van der Waals surface area (Å²) in [5.74, 6) is -0.350. The predicted octanol–water partition coefficient (Wildman–Crippen LogP) is 3.16. The van der Waals surface area contributed by atoms with Crippen molar-refractivity contribution in [3.8, 4) is 0 Å². The van der Waals surface area contributed by atoms with Crippen LogP contribution in [0, 0.1) is 0 Å². The Bertz CT molecular complexity index is 512. The minimum atomic E-state index is -0.220. The monoisotopic (exact) mass is 317 g/mol. The number of hydrogen-bond donors (Lipinski definition) is 2.